The van der Waals surface area contributed by atoms with Gasteiger partial charge in [0.1, 0.15) is 0 Å². The highest BCUT2D eigenvalue weighted by atomic mass is 15.4. The third-order valence-electron chi connectivity index (χ3n) is 4.57. The van der Waals surface area contributed by atoms with E-state index in [9.17, 15) is 0 Å². The average Bonchev–Trinajstić information content (AvgIpc) is 2.61. The van der Waals surface area contributed by atoms with Crippen LogP contribution in [-0.4, -0.2) is 30.6 Å². The number of nitrogens with one attached hydrogen (secondary N) is 3. The molecule has 4 nitrogen and oxygen atoms in total. The molecule has 2 aromatic rings. The van der Waals surface area contributed by atoms with Crippen LogP contribution in [0.2, 0.25) is 0 Å². The Morgan fingerprint density at radius 1 is 1.00 bits per heavy atom. The zero-order chi connectivity index (χ0) is 16.1. The smallest absolute Gasteiger partial charge is 0.0540 e. The Morgan fingerprint density at radius 3 is 2.30 bits per heavy atom. The second-order valence-corrected chi connectivity index (χ2v) is 6.20. The number of anilines is 2. The zero-order valence-electron chi connectivity index (χ0n) is 13.9. The van der Waals surface area contributed by atoms with Crippen molar-refractivity contribution in [2.24, 2.45) is 0 Å². The fourth-order valence-electron chi connectivity index (χ4n) is 3.13. The SMILES string of the molecule is CC1CNCCN1C(C)c1ccc(NNc2ccccc2)cc1. The van der Waals surface area contributed by atoms with Crippen LogP contribution in [0.5, 0.6) is 0 Å². The summed E-state index contributed by atoms with van der Waals surface area (Å²) in [6.45, 7) is 7.85. The van der Waals surface area contributed by atoms with Gasteiger partial charge >= 0.3 is 0 Å². The Labute approximate surface area is 138 Å². The van der Waals surface area contributed by atoms with Gasteiger partial charge < -0.3 is 16.2 Å². The van der Waals surface area contributed by atoms with Crippen molar-refractivity contribution in [1.82, 2.24) is 10.2 Å². The molecule has 23 heavy (non-hydrogen) atoms. The number of rotatable bonds is 5. The van der Waals surface area contributed by atoms with Crippen molar-refractivity contribution in [2.45, 2.75) is 25.9 Å². The Hall–Kier alpha value is -2.04. The first kappa shape index (κ1) is 15.8. The van der Waals surface area contributed by atoms with Crippen LogP contribution in [0.25, 0.3) is 0 Å². The Morgan fingerprint density at radius 2 is 1.65 bits per heavy atom. The molecule has 3 rings (SSSR count). The van der Waals surface area contributed by atoms with Crippen molar-refractivity contribution >= 4 is 11.4 Å². The molecule has 2 aromatic carbocycles. The quantitative estimate of drug-likeness (QED) is 0.739. The van der Waals surface area contributed by atoms with Crippen LogP contribution in [0.15, 0.2) is 54.6 Å². The fourth-order valence-corrected chi connectivity index (χ4v) is 3.13. The lowest BCUT2D eigenvalue weighted by Crippen LogP contribution is -2.50. The van der Waals surface area contributed by atoms with Gasteiger partial charge in [-0.05, 0) is 43.7 Å². The van der Waals surface area contributed by atoms with Crippen molar-refractivity contribution in [3.8, 4) is 0 Å². The van der Waals surface area contributed by atoms with Gasteiger partial charge in [0, 0.05) is 31.7 Å². The molecule has 0 amide bonds. The minimum atomic E-state index is 0.447. The van der Waals surface area contributed by atoms with Gasteiger partial charge in [0.2, 0.25) is 0 Å². The fraction of sp³-hybridized carbons (Fsp3) is 0.368. The van der Waals surface area contributed by atoms with Crippen molar-refractivity contribution in [2.75, 3.05) is 30.5 Å². The number of nitrogens with zero attached hydrogens (tertiary/aromatic N) is 1. The topological polar surface area (TPSA) is 39.3 Å². The maximum atomic E-state index is 3.45. The van der Waals surface area contributed by atoms with Crippen LogP contribution in [0.4, 0.5) is 11.4 Å². The highest BCUT2D eigenvalue weighted by Gasteiger charge is 2.23. The van der Waals surface area contributed by atoms with Gasteiger partial charge in [0.15, 0.2) is 0 Å². The lowest BCUT2D eigenvalue weighted by molar-refractivity contribution is 0.126. The van der Waals surface area contributed by atoms with Crippen molar-refractivity contribution in [3.05, 3.63) is 60.2 Å². The average molecular weight is 310 g/mol. The number of hydrazine groups is 1. The second-order valence-electron chi connectivity index (χ2n) is 6.20. The molecule has 1 saturated heterocycles. The monoisotopic (exact) mass is 310 g/mol. The second kappa shape index (κ2) is 7.49. The van der Waals surface area contributed by atoms with Gasteiger partial charge in [0.05, 0.1) is 11.4 Å². The van der Waals surface area contributed by atoms with Gasteiger partial charge in [-0.1, -0.05) is 30.3 Å². The molecule has 0 radical (unpaired) electrons. The van der Waals surface area contributed by atoms with Crippen LogP contribution in [0, 0.1) is 0 Å². The number of piperazine rings is 1. The summed E-state index contributed by atoms with van der Waals surface area (Å²) in [5.41, 5.74) is 9.94. The van der Waals surface area contributed by atoms with Crippen molar-refractivity contribution in [3.63, 3.8) is 0 Å². The third-order valence-corrected chi connectivity index (χ3v) is 4.57. The highest BCUT2D eigenvalue weighted by molar-refractivity contribution is 5.52. The Bertz CT molecular complexity index is 597. The first-order valence-corrected chi connectivity index (χ1v) is 8.37. The molecule has 3 N–H and O–H groups in total. The summed E-state index contributed by atoms with van der Waals surface area (Å²) in [5, 5.41) is 3.45. The van der Waals surface area contributed by atoms with E-state index in [0.717, 1.165) is 31.0 Å². The first-order valence-electron chi connectivity index (χ1n) is 8.37. The van der Waals surface area contributed by atoms with Crippen LogP contribution in [-0.2, 0) is 0 Å². The summed E-state index contributed by atoms with van der Waals surface area (Å²) in [6.07, 6.45) is 0. The number of hydrogen-bond acceptors (Lipinski definition) is 4. The predicted octanol–water partition coefficient (Wildman–Crippen LogP) is 3.48. The van der Waals surface area contributed by atoms with E-state index < -0.39 is 0 Å². The third kappa shape index (κ3) is 4.03. The predicted molar refractivity (Wildman–Crippen MR) is 97.6 cm³/mol. The molecule has 4 heteroatoms. The van der Waals surface area contributed by atoms with Gasteiger partial charge in [-0.2, -0.15) is 0 Å². The molecule has 1 aliphatic heterocycles. The molecule has 1 fully saturated rings. The minimum absolute atomic E-state index is 0.447. The minimum Gasteiger partial charge on any atom is -0.314 e. The lowest BCUT2D eigenvalue weighted by Gasteiger charge is -2.38. The molecule has 2 atom stereocenters. The van der Waals surface area contributed by atoms with Crippen LogP contribution in [0.1, 0.15) is 25.5 Å². The van der Waals surface area contributed by atoms with E-state index in [1.54, 1.807) is 0 Å². The Balaban J connectivity index is 1.60. The number of benzene rings is 2. The summed E-state index contributed by atoms with van der Waals surface area (Å²) in [7, 11) is 0. The highest BCUT2D eigenvalue weighted by Crippen LogP contribution is 2.24. The summed E-state index contributed by atoms with van der Waals surface area (Å²) in [6, 6.07) is 19.8. The maximum absolute atomic E-state index is 3.45. The molecule has 122 valence electrons. The Kier molecular flexibility index (Phi) is 5.16. The number of para-hydroxylation sites is 1. The van der Waals surface area contributed by atoms with E-state index in [0.29, 0.717) is 12.1 Å². The summed E-state index contributed by atoms with van der Waals surface area (Å²) >= 11 is 0. The maximum Gasteiger partial charge on any atom is 0.0540 e. The van der Waals surface area contributed by atoms with E-state index in [-0.39, 0.29) is 0 Å². The van der Waals surface area contributed by atoms with Gasteiger partial charge in [-0.25, -0.2) is 0 Å². The van der Waals surface area contributed by atoms with Crippen molar-refractivity contribution < 1.29 is 0 Å². The molecule has 0 aliphatic carbocycles. The molecule has 0 bridgehead atoms. The largest absolute Gasteiger partial charge is 0.314 e. The first-order chi connectivity index (χ1) is 11.2. The molecule has 2 unspecified atom stereocenters. The molecule has 0 spiro atoms. The van der Waals surface area contributed by atoms with E-state index in [1.807, 2.05) is 30.3 Å². The summed E-state index contributed by atoms with van der Waals surface area (Å²) in [5.74, 6) is 0. The van der Waals surface area contributed by atoms with Gasteiger partial charge in [0.25, 0.3) is 0 Å². The van der Waals surface area contributed by atoms with Crippen LogP contribution < -0.4 is 16.2 Å². The van der Waals surface area contributed by atoms with E-state index in [1.165, 1.54) is 5.56 Å². The molecular formula is C19H26N4. The molecule has 0 saturated carbocycles. The molecular weight excluding hydrogens is 284 g/mol. The van der Waals surface area contributed by atoms with Crippen LogP contribution in [0.3, 0.4) is 0 Å². The molecule has 0 aromatic heterocycles. The standard InChI is InChI=1S/C19H26N4/c1-15-14-20-12-13-23(15)16(2)17-8-10-19(11-9-17)22-21-18-6-4-3-5-7-18/h3-11,15-16,20-22H,12-14H2,1-2H3. The molecule has 1 heterocycles. The van der Waals surface area contributed by atoms with Gasteiger partial charge in [-0.3, -0.25) is 4.90 Å². The summed E-state index contributed by atoms with van der Waals surface area (Å²) in [4.78, 5) is 2.57. The van der Waals surface area contributed by atoms with Gasteiger partial charge in [-0.15, -0.1) is 0 Å². The normalized spacial score (nSPS) is 20.0. The van der Waals surface area contributed by atoms with E-state index >= 15 is 0 Å². The van der Waals surface area contributed by atoms with E-state index in [4.69, 9.17) is 0 Å². The lowest BCUT2D eigenvalue weighted by atomic mass is 10.0. The van der Waals surface area contributed by atoms with Crippen molar-refractivity contribution in [1.29, 1.82) is 0 Å². The number of hydrogen-bond donors (Lipinski definition) is 3. The molecule has 1 aliphatic rings. The van der Waals surface area contributed by atoms with Crippen LogP contribution >= 0.6 is 0 Å². The summed E-state index contributed by atoms with van der Waals surface area (Å²) < 4.78 is 0. The zero-order valence-corrected chi connectivity index (χ0v) is 13.9. The van der Waals surface area contributed by atoms with E-state index in [2.05, 4.69) is 59.2 Å².